The molecule has 4 rings (SSSR count). The molecule has 5 nitrogen and oxygen atoms in total. The van der Waals surface area contributed by atoms with Crippen LogP contribution in [-0.2, 0) is 6.18 Å². The molecule has 3 N–H and O–H groups in total. The van der Waals surface area contributed by atoms with Crippen LogP contribution in [0.5, 0.6) is 0 Å². The number of fused-ring (bicyclic) bond motifs is 1. The van der Waals surface area contributed by atoms with Crippen LogP contribution in [-0.4, -0.2) is 28.5 Å². The normalized spacial score (nSPS) is 19.2. The number of hydrogen-bond donors (Lipinski definition) is 3. The molecule has 1 aliphatic carbocycles. The summed E-state index contributed by atoms with van der Waals surface area (Å²) in [5.41, 5.74) is 1.92. The first kappa shape index (κ1) is 22.5. The van der Waals surface area contributed by atoms with E-state index in [1.807, 2.05) is 25.1 Å². The summed E-state index contributed by atoms with van der Waals surface area (Å²) in [6, 6.07) is 8.76. The number of alkyl halides is 3. The number of aromatic amines is 1. The summed E-state index contributed by atoms with van der Waals surface area (Å²) in [4.78, 5) is 20.2. The quantitative estimate of drug-likeness (QED) is 0.437. The van der Waals surface area contributed by atoms with Gasteiger partial charge in [-0.2, -0.15) is 13.2 Å². The molecule has 0 saturated heterocycles. The number of carbonyl (C=O) groups is 1. The number of imidazole rings is 1. The summed E-state index contributed by atoms with van der Waals surface area (Å²) in [5, 5.41) is 6.33. The van der Waals surface area contributed by atoms with Gasteiger partial charge in [-0.3, -0.25) is 4.79 Å². The van der Waals surface area contributed by atoms with E-state index in [1.54, 1.807) is 0 Å². The van der Waals surface area contributed by atoms with Gasteiger partial charge in [-0.05, 0) is 74.9 Å². The second-order valence-electron chi connectivity index (χ2n) is 8.32. The molecule has 0 atom stereocenters. The van der Waals surface area contributed by atoms with Crippen LogP contribution >= 0.6 is 11.6 Å². The minimum Gasteiger partial charge on any atom is -0.385 e. The zero-order valence-electron chi connectivity index (χ0n) is 17.5. The van der Waals surface area contributed by atoms with Crippen molar-refractivity contribution in [1.29, 1.82) is 0 Å². The lowest BCUT2D eigenvalue weighted by Crippen LogP contribution is -2.38. The van der Waals surface area contributed by atoms with Crippen molar-refractivity contribution in [2.75, 3.05) is 11.9 Å². The number of nitrogens with one attached hydrogen (secondary N) is 3. The summed E-state index contributed by atoms with van der Waals surface area (Å²) in [5.74, 6) is 0.772. The molecule has 2 aromatic carbocycles. The number of aryl methyl sites for hydroxylation is 1. The molecule has 0 aliphatic heterocycles. The molecule has 0 spiro atoms. The van der Waals surface area contributed by atoms with Gasteiger partial charge in [-0.15, -0.1) is 0 Å². The van der Waals surface area contributed by atoms with Crippen LogP contribution in [0.15, 0.2) is 36.4 Å². The van der Waals surface area contributed by atoms with E-state index in [0.29, 0.717) is 5.92 Å². The number of amides is 1. The third kappa shape index (κ3) is 5.18. The fourth-order valence-electron chi connectivity index (χ4n) is 4.16. The smallest absolute Gasteiger partial charge is 0.385 e. The molecule has 1 heterocycles. The number of aromatic nitrogens is 2. The van der Waals surface area contributed by atoms with Crippen molar-refractivity contribution in [1.82, 2.24) is 15.3 Å². The van der Waals surface area contributed by atoms with E-state index in [2.05, 4.69) is 20.6 Å². The van der Waals surface area contributed by atoms with Crippen molar-refractivity contribution in [2.24, 2.45) is 5.92 Å². The van der Waals surface area contributed by atoms with E-state index in [9.17, 15) is 18.0 Å². The van der Waals surface area contributed by atoms with Gasteiger partial charge in [0.2, 0.25) is 0 Å². The highest BCUT2D eigenvalue weighted by Crippen LogP contribution is 2.32. The van der Waals surface area contributed by atoms with E-state index < -0.39 is 17.6 Å². The number of rotatable bonds is 5. The van der Waals surface area contributed by atoms with Crippen LogP contribution in [0.4, 0.5) is 18.9 Å². The highest BCUT2D eigenvalue weighted by Gasteiger charge is 2.32. The lowest BCUT2D eigenvalue weighted by atomic mass is 9.86. The van der Waals surface area contributed by atoms with Gasteiger partial charge >= 0.3 is 6.18 Å². The van der Waals surface area contributed by atoms with Crippen molar-refractivity contribution in [2.45, 2.75) is 44.8 Å². The molecule has 1 aromatic heterocycles. The molecule has 0 radical (unpaired) electrons. The van der Waals surface area contributed by atoms with Gasteiger partial charge in [0.1, 0.15) is 5.82 Å². The molecule has 3 aromatic rings. The van der Waals surface area contributed by atoms with E-state index >= 15 is 0 Å². The number of hydrogen-bond acceptors (Lipinski definition) is 3. The molecule has 1 amide bonds. The Morgan fingerprint density at radius 2 is 1.91 bits per heavy atom. The Balaban J connectivity index is 1.28. The van der Waals surface area contributed by atoms with E-state index in [4.69, 9.17) is 11.6 Å². The number of halogens is 4. The van der Waals surface area contributed by atoms with Gasteiger partial charge in [-0.1, -0.05) is 11.6 Å². The fourth-order valence-corrected chi connectivity index (χ4v) is 4.36. The Kier molecular flexibility index (Phi) is 6.33. The number of anilines is 1. The third-order valence-electron chi connectivity index (χ3n) is 5.92. The standard InChI is InChI=1S/C23H24ClF3N4O/c1-13-29-20-9-7-17(11-21(20)30-13)28-12-14-2-5-16(6-3-14)31-22(32)18-10-15(23(25,26)27)4-8-19(18)24/h4,7-11,14,16,28H,2-3,5-6,12H2,1H3,(H,29,30)(H,31,32). The van der Waals surface area contributed by atoms with Gasteiger partial charge in [0.15, 0.2) is 0 Å². The minimum absolute atomic E-state index is 0.0119. The van der Waals surface area contributed by atoms with Crippen molar-refractivity contribution < 1.29 is 18.0 Å². The Hall–Kier alpha value is -2.74. The Morgan fingerprint density at radius 3 is 2.62 bits per heavy atom. The van der Waals surface area contributed by atoms with Crippen LogP contribution in [0.3, 0.4) is 0 Å². The molecule has 9 heteroatoms. The third-order valence-corrected chi connectivity index (χ3v) is 6.25. The molecule has 32 heavy (non-hydrogen) atoms. The summed E-state index contributed by atoms with van der Waals surface area (Å²) >= 11 is 5.98. The lowest BCUT2D eigenvalue weighted by Gasteiger charge is -2.29. The fraction of sp³-hybridized carbons (Fsp3) is 0.391. The largest absolute Gasteiger partial charge is 0.416 e. The van der Waals surface area contributed by atoms with Crippen molar-refractivity contribution in [3.05, 3.63) is 58.4 Å². The van der Waals surface area contributed by atoms with Gasteiger partial charge < -0.3 is 15.6 Å². The molecule has 1 saturated carbocycles. The zero-order valence-corrected chi connectivity index (χ0v) is 18.3. The SMILES string of the molecule is Cc1nc2ccc(NCC3CCC(NC(=O)c4cc(C(F)(F)F)ccc4Cl)CC3)cc2[nH]1. The average Bonchev–Trinajstić information content (AvgIpc) is 3.12. The van der Waals surface area contributed by atoms with Gasteiger partial charge in [0.25, 0.3) is 5.91 Å². The number of benzene rings is 2. The van der Waals surface area contributed by atoms with Gasteiger partial charge in [-0.25, -0.2) is 4.98 Å². The first-order valence-electron chi connectivity index (χ1n) is 10.6. The predicted molar refractivity (Wildman–Crippen MR) is 119 cm³/mol. The maximum absolute atomic E-state index is 13.0. The number of nitrogens with zero attached hydrogens (tertiary/aromatic N) is 1. The summed E-state index contributed by atoms with van der Waals surface area (Å²) < 4.78 is 38.9. The minimum atomic E-state index is -4.52. The second-order valence-corrected chi connectivity index (χ2v) is 8.73. The second kappa shape index (κ2) is 9.02. The van der Waals surface area contributed by atoms with Crippen LogP contribution in [0.1, 0.15) is 47.4 Å². The summed E-state index contributed by atoms with van der Waals surface area (Å²) in [6.07, 6.45) is -1.15. The van der Waals surface area contributed by atoms with Gasteiger partial charge in [0.05, 0.1) is 27.2 Å². The predicted octanol–water partition coefficient (Wildman–Crippen LogP) is 5.94. The average molecular weight is 465 g/mol. The van der Waals surface area contributed by atoms with E-state index in [-0.39, 0.29) is 16.6 Å². The molecule has 170 valence electrons. The zero-order chi connectivity index (χ0) is 22.9. The maximum atomic E-state index is 13.0. The van der Waals surface area contributed by atoms with E-state index in [0.717, 1.165) is 73.0 Å². The monoisotopic (exact) mass is 464 g/mol. The molecular weight excluding hydrogens is 441 g/mol. The van der Waals surface area contributed by atoms with Crippen molar-refractivity contribution in [3.63, 3.8) is 0 Å². The van der Waals surface area contributed by atoms with E-state index in [1.165, 1.54) is 0 Å². The van der Waals surface area contributed by atoms with Gasteiger partial charge in [0, 0.05) is 18.3 Å². The first-order chi connectivity index (χ1) is 15.2. The highest BCUT2D eigenvalue weighted by molar-refractivity contribution is 6.33. The molecular formula is C23H24ClF3N4O. The molecule has 0 unspecified atom stereocenters. The van der Waals surface area contributed by atoms with Crippen molar-refractivity contribution >= 4 is 34.2 Å². The lowest BCUT2D eigenvalue weighted by molar-refractivity contribution is -0.137. The van der Waals surface area contributed by atoms with Crippen LogP contribution in [0.2, 0.25) is 5.02 Å². The number of carbonyl (C=O) groups excluding carboxylic acids is 1. The van der Waals surface area contributed by atoms with Crippen LogP contribution in [0, 0.1) is 12.8 Å². The molecule has 1 aliphatic rings. The number of H-pyrrole nitrogens is 1. The maximum Gasteiger partial charge on any atom is 0.416 e. The first-order valence-corrected chi connectivity index (χ1v) is 10.9. The summed E-state index contributed by atoms with van der Waals surface area (Å²) in [6.45, 7) is 2.74. The molecule has 1 fully saturated rings. The Bertz CT molecular complexity index is 1120. The van der Waals surface area contributed by atoms with Crippen LogP contribution < -0.4 is 10.6 Å². The Morgan fingerprint density at radius 1 is 1.16 bits per heavy atom. The highest BCUT2D eigenvalue weighted by atomic mass is 35.5. The van der Waals surface area contributed by atoms with Crippen molar-refractivity contribution in [3.8, 4) is 0 Å². The summed E-state index contributed by atoms with van der Waals surface area (Å²) in [7, 11) is 0. The Labute approximate surface area is 188 Å². The van der Waals surface area contributed by atoms with Crippen LogP contribution in [0.25, 0.3) is 11.0 Å². The topological polar surface area (TPSA) is 69.8 Å². The molecule has 0 bridgehead atoms.